The third kappa shape index (κ3) is 3.77. The van der Waals surface area contributed by atoms with Gasteiger partial charge in [-0.25, -0.2) is 4.79 Å². The lowest BCUT2D eigenvalue weighted by Crippen LogP contribution is -2.48. The van der Waals surface area contributed by atoms with Crippen molar-refractivity contribution in [2.24, 2.45) is 0 Å². The second kappa shape index (κ2) is 8.53. The molecule has 3 aromatic carbocycles. The normalized spacial score (nSPS) is 28.2. The fraction of sp³-hybridized carbons (Fsp3) is 0.357. The molecule has 174 valence electrons. The molecule has 0 unspecified atom stereocenters. The maximum Gasteiger partial charge on any atom is 0.338 e. The first-order valence-electron chi connectivity index (χ1n) is 11.9. The molecule has 3 heterocycles. The van der Waals surface area contributed by atoms with E-state index < -0.39 is 11.9 Å². The average Bonchev–Trinajstić information content (AvgIpc) is 3.63. The predicted molar refractivity (Wildman–Crippen MR) is 127 cm³/mol. The first-order chi connectivity index (χ1) is 16.6. The van der Waals surface area contributed by atoms with Crippen LogP contribution in [0.2, 0.25) is 0 Å². The van der Waals surface area contributed by atoms with Gasteiger partial charge in [0.05, 0.1) is 5.56 Å². The molecule has 3 saturated heterocycles. The highest BCUT2D eigenvalue weighted by Gasteiger charge is 2.62. The van der Waals surface area contributed by atoms with E-state index in [0.29, 0.717) is 17.6 Å². The van der Waals surface area contributed by atoms with Crippen LogP contribution in [0.3, 0.4) is 0 Å². The molecule has 6 nitrogen and oxygen atoms in total. The van der Waals surface area contributed by atoms with Crippen LogP contribution >= 0.6 is 0 Å². The van der Waals surface area contributed by atoms with Gasteiger partial charge < -0.3 is 14.2 Å². The van der Waals surface area contributed by atoms with E-state index in [1.807, 2.05) is 66.7 Å². The van der Waals surface area contributed by atoms with E-state index in [1.165, 1.54) is 0 Å². The van der Waals surface area contributed by atoms with Gasteiger partial charge in [-0.2, -0.15) is 0 Å². The average molecular weight is 458 g/mol. The van der Waals surface area contributed by atoms with Crippen molar-refractivity contribution in [3.63, 3.8) is 0 Å². The number of fused-ring (bicyclic) bond motifs is 6. The van der Waals surface area contributed by atoms with Gasteiger partial charge in [0.15, 0.2) is 0 Å². The first-order valence-corrected chi connectivity index (χ1v) is 11.9. The number of hydrogen-bond acceptors (Lipinski definition) is 6. The summed E-state index contributed by atoms with van der Waals surface area (Å²) in [5, 5.41) is 1.80. The van der Waals surface area contributed by atoms with E-state index in [2.05, 4.69) is 11.9 Å². The van der Waals surface area contributed by atoms with Crippen LogP contribution in [0, 0.1) is 0 Å². The lowest BCUT2D eigenvalue weighted by molar-refractivity contribution is -0.156. The van der Waals surface area contributed by atoms with Gasteiger partial charge in [0.25, 0.3) is 0 Å². The van der Waals surface area contributed by atoms with E-state index in [4.69, 9.17) is 14.2 Å². The van der Waals surface area contributed by atoms with Crippen LogP contribution in [0.5, 0.6) is 0 Å². The van der Waals surface area contributed by atoms with E-state index in [1.54, 1.807) is 6.07 Å². The Morgan fingerprint density at radius 3 is 2.38 bits per heavy atom. The van der Waals surface area contributed by atoms with Gasteiger partial charge in [0.1, 0.15) is 30.8 Å². The Bertz CT molecular complexity index is 1200. The number of ether oxygens (including phenoxy) is 3. The Kier molecular flexibility index (Phi) is 5.35. The van der Waals surface area contributed by atoms with Crippen molar-refractivity contribution < 1.29 is 23.8 Å². The highest BCUT2D eigenvalue weighted by Crippen LogP contribution is 2.48. The number of likely N-dealkylation sites (N-methyl/N-ethyl adjacent to an activating group) is 1. The zero-order chi connectivity index (χ0) is 23.2. The van der Waals surface area contributed by atoms with Gasteiger partial charge in [-0.15, -0.1) is 0 Å². The molecular formula is C28H27NO5. The molecule has 3 aliphatic heterocycles. The minimum Gasteiger partial charge on any atom is -0.462 e. The van der Waals surface area contributed by atoms with Gasteiger partial charge in [-0.05, 0) is 29.4 Å². The summed E-state index contributed by atoms with van der Waals surface area (Å²) in [6.45, 7) is -0.0707. The number of carbonyl (C=O) groups is 2. The lowest BCUT2D eigenvalue weighted by atomic mass is 9.97. The van der Waals surface area contributed by atoms with Crippen molar-refractivity contribution in [3.8, 4) is 0 Å². The molecule has 0 aromatic heterocycles. The third-order valence-electron chi connectivity index (χ3n) is 7.53. The molecule has 0 amide bonds. The van der Waals surface area contributed by atoms with E-state index in [-0.39, 0.29) is 30.9 Å². The minimum atomic E-state index is -0.678. The van der Waals surface area contributed by atoms with Crippen LogP contribution in [0.15, 0.2) is 72.8 Å². The van der Waals surface area contributed by atoms with Crippen molar-refractivity contribution >= 4 is 22.7 Å². The predicted octanol–water partition coefficient (Wildman–Crippen LogP) is 3.94. The molecule has 6 heteroatoms. The molecular weight excluding hydrogens is 430 g/mol. The van der Waals surface area contributed by atoms with Gasteiger partial charge in [0.2, 0.25) is 0 Å². The summed E-state index contributed by atoms with van der Waals surface area (Å²) in [5.74, 6) is -1.47. The molecule has 3 aliphatic rings. The van der Waals surface area contributed by atoms with Crippen molar-refractivity contribution in [2.45, 2.75) is 49.2 Å². The summed E-state index contributed by atoms with van der Waals surface area (Å²) in [6, 6.07) is 23.3. The molecule has 0 spiro atoms. The number of morpholine rings is 1. The maximum absolute atomic E-state index is 13.3. The molecule has 6 rings (SSSR count). The second-order valence-electron chi connectivity index (χ2n) is 9.48. The van der Waals surface area contributed by atoms with Crippen LogP contribution in [0.25, 0.3) is 10.8 Å². The molecule has 3 fully saturated rings. The molecule has 3 aromatic rings. The van der Waals surface area contributed by atoms with Crippen LogP contribution in [0.4, 0.5) is 0 Å². The summed E-state index contributed by atoms with van der Waals surface area (Å²) < 4.78 is 17.5. The van der Waals surface area contributed by atoms with Gasteiger partial charge in [-0.3, -0.25) is 9.69 Å². The van der Waals surface area contributed by atoms with Gasteiger partial charge in [0, 0.05) is 24.9 Å². The van der Waals surface area contributed by atoms with Crippen LogP contribution in [-0.2, 0) is 19.0 Å². The molecule has 34 heavy (non-hydrogen) atoms. The highest BCUT2D eigenvalue weighted by atomic mass is 16.6. The largest absolute Gasteiger partial charge is 0.462 e. The number of benzene rings is 3. The Balaban J connectivity index is 1.17. The van der Waals surface area contributed by atoms with Crippen LogP contribution in [0.1, 0.15) is 34.7 Å². The molecule has 0 radical (unpaired) electrons. The summed E-state index contributed by atoms with van der Waals surface area (Å²) in [7, 11) is 2.13. The zero-order valence-corrected chi connectivity index (χ0v) is 19.0. The highest BCUT2D eigenvalue weighted by molar-refractivity contribution is 6.04. The quantitative estimate of drug-likeness (QED) is 0.413. The van der Waals surface area contributed by atoms with Crippen LogP contribution < -0.4 is 0 Å². The topological polar surface area (TPSA) is 68.4 Å². The van der Waals surface area contributed by atoms with Crippen molar-refractivity contribution in [1.29, 1.82) is 0 Å². The molecule has 0 aliphatic carbocycles. The monoisotopic (exact) mass is 457 g/mol. The van der Waals surface area contributed by atoms with Crippen molar-refractivity contribution in [3.05, 3.63) is 83.9 Å². The van der Waals surface area contributed by atoms with Gasteiger partial charge >= 0.3 is 11.9 Å². The Labute approximate surface area is 198 Å². The maximum atomic E-state index is 13.3. The fourth-order valence-electron chi connectivity index (χ4n) is 5.67. The zero-order valence-electron chi connectivity index (χ0n) is 19.0. The van der Waals surface area contributed by atoms with Gasteiger partial charge in [-0.1, -0.05) is 66.7 Å². The number of nitrogens with zero attached hydrogens (tertiary/aromatic N) is 1. The SMILES string of the molecule is CN1[C@@H]2C[C@@H](OC(=O)[C@H](COC(=O)c3cccc4ccccc34)c3ccccc3)C[C@H]1[C@@H]1O[C@@H]12. The van der Waals surface area contributed by atoms with E-state index in [9.17, 15) is 9.59 Å². The van der Waals surface area contributed by atoms with Crippen molar-refractivity contribution in [1.82, 2.24) is 4.90 Å². The summed E-state index contributed by atoms with van der Waals surface area (Å²) >= 11 is 0. The number of rotatable bonds is 6. The van der Waals surface area contributed by atoms with Crippen molar-refractivity contribution in [2.75, 3.05) is 13.7 Å². The smallest absolute Gasteiger partial charge is 0.338 e. The summed E-state index contributed by atoms with van der Waals surface area (Å²) in [5.41, 5.74) is 1.27. The number of esters is 2. The number of piperidine rings is 1. The standard InChI is InChI=1S/C28H27NO5/c1-29-23-14-19(15-24(29)26-25(23)34-26)33-28(31)22(18-8-3-2-4-9-18)16-32-27(30)21-13-7-11-17-10-5-6-12-20(17)21/h2-13,19,22-26H,14-16H2,1H3/t19-,22-,23-,24+,25-,26+/m1/s1. The van der Waals surface area contributed by atoms with E-state index in [0.717, 1.165) is 29.2 Å². The number of hydrogen-bond donors (Lipinski definition) is 0. The lowest BCUT2D eigenvalue weighted by Gasteiger charge is -2.38. The summed E-state index contributed by atoms with van der Waals surface area (Å²) in [6.07, 6.45) is 1.97. The van der Waals surface area contributed by atoms with E-state index >= 15 is 0 Å². The molecule has 0 saturated carbocycles. The number of carbonyl (C=O) groups excluding carboxylic acids is 2. The third-order valence-corrected chi connectivity index (χ3v) is 7.53. The minimum absolute atomic E-state index is 0.0707. The molecule has 2 bridgehead atoms. The second-order valence-corrected chi connectivity index (χ2v) is 9.48. The molecule has 0 N–H and O–H groups in total. The Hall–Kier alpha value is -3.22. The Morgan fingerprint density at radius 2 is 1.62 bits per heavy atom. The number of epoxide rings is 1. The Morgan fingerprint density at radius 1 is 0.941 bits per heavy atom. The fourth-order valence-corrected chi connectivity index (χ4v) is 5.67. The first kappa shape index (κ1) is 21.3. The van der Waals surface area contributed by atoms with Crippen LogP contribution in [-0.4, -0.2) is 60.9 Å². The molecule has 6 atom stereocenters. The summed E-state index contributed by atoms with van der Waals surface area (Å²) in [4.78, 5) is 28.7.